The fraction of sp³-hybridized carbons (Fsp3) is 0.412. The van der Waals surface area contributed by atoms with Crippen molar-refractivity contribution in [1.29, 1.82) is 0 Å². The molecule has 1 aromatic heterocycles. The third kappa shape index (κ3) is 2.31. The van der Waals surface area contributed by atoms with Crippen LogP contribution in [0.2, 0.25) is 0 Å². The van der Waals surface area contributed by atoms with E-state index in [4.69, 9.17) is 4.74 Å². The van der Waals surface area contributed by atoms with Gasteiger partial charge in [-0.3, -0.25) is 9.89 Å². The summed E-state index contributed by atoms with van der Waals surface area (Å²) in [6.07, 6.45) is 3.91. The third-order valence-corrected chi connectivity index (χ3v) is 4.56. The van der Waals surface area contributed by atoms with Gasteiger partial charge in [-0.15, -0.1) is 0 Å². The Morgan fingerprint density at radius 2 is 2.23 bits per heavy atom. The monoisotopic (exact) mass is 297 g/mol. The van der Waals surface area contributed by atoms with Gasteiger partial charge in [0, 0.05) is 17.8 Å². The number of aromatic nitrogens is 2. The van der Waals surface area contributed by atoms with Gasteiger partial charge in [0.1, 0.15) is 6.10 Å². The molecule has 2 aliphatic rings. The maximum atomic E-state index is 12.4. The van der Waals surface area contributed by atoms with Crippen LogP contribution in [0.15, 0.2) is 24.3 Å². The van der Waals surface area contributed by atoms with E-state index in [2.05, 4.69) is 27.6 Å². The predicted octanol–water partition coefficient (Wildman–Crippen LogP) is 1.94. The molecule has 2 N–H and O–H groups in total. The smallest absolute Gasteiger partial charge is 0.272 e. The minimum atomic E-state index is -0.106. The number of carbonyl (C=O) groups is 1. The van der Waals surface area contributed by atoms with Crippen molar-refractivity contribution in [2.24, 2.45) is 0 Å². The molecule has 4 rings (SSSR count). The summed E-state index contributed by atoms with van der Waals surface area (Å²) < 4.78 is 5.82. The van der Waals surface area contributed by atoms with Crippen LogP contribution in [0.25, 0.3) is 0 Å². The van der Waals surface area contributed by atoms with Crippen molar-refractivity contribution in [1.82, 2.24) is 15.5 Å². The summed E-state index contributed by atoms with van der Waals surface area (Å²) >= 11 is 0. The lowest BCUT2D eigenvalue weighted by Crippen LogP contribution is -2.32. The van der Waals surface area contributed by atoms with Gasteiger partial charge >= 0.3 is 0 Å². The molecule has 1 aliphatic carbocycles. The van der Waals surface area contributed by atoms with Crippen molar-refractivity contribution in [2.75, 3.05) is 13.2 Å². The number of hydrogen-bond donors (Lipinski definition) is 2. The summed E-state index contributed by atoms with van der Waals surface area (Å²) in [4.78, 5) is 12.4. The van der Waals surface area contributed by atoms with Crippen LogP contribution >= 0.6 is 0 Å². The number of nitrogens with one attached hydrogen (secondary N) is 2. The highest BCUT2D eigenvalue weighted by atomic mass is 16.5. The van der Waals surface area contributed by atoms with Gasteiger partial charge in [-0.05, 0) is 36.8 Å². The number of nitrogens with zero attached hydrogens (tertiary/aromatic N) is 1. The molecule has 22 heavy (non-hydrogen) atoms. The van der Waals surface area contributed by atoms with E-state index in [1.807, 2.05) is 12.1 Å². The molecule has 0 saturated carbocycles. The molecular formula is C17H19N3O2. The molecule has 2 aromatic rings. The zero-order chi connectivity index (χ0) is 14.9. The summed E-state index contributed by atoms with van der Waals surface area (Å²) in [5.41, 5.74) is 5.25. The van der Waals surface area contributed by atoms with Crippen molar-refractivity contribution in [3.05, 3.63) is 52.3 Å². The van der Waals surface area contributed by atoms with Gasteiger partial charge in [0.2, 0.25) is 0 Å². The van der Waals surface area contributed by atoms with Crippen LogP contribution in [0.1, 0.15) is 45.4 Å². The summed E-state index contributed by atoms with van der Waals surface area (Å²) in [5, 5.41) is 10.1. The zero-order valence-electron chi connectivity index (χ0n) is 12.4. The first kappa shape index (κ1) is 13.5. The van der Waals surface area contributed by atoms with Gasteiger partial charge < -0.3 is 10.1 Å². The first-order chi connectivity index (χ1) is 10.8. The van der Waals surface area contributed by atoms with Crippen LogP contribution in [0, 0.1) is 0 Å². The van der Waals surface area contributed by atoms with E-state index in [0.717, 1.165) is 36.9 Å². The van der Waals surface area contributed by atoms with E-state index in [-0.39, 0.29) is 12.0 Å². The molecule has 114 valence electrons. The average Bonchev–Trinajstić information content (AvgIpc) is 3.15. The first-order valence-corrected chi connectivity index (χ1v) is 7.86. The van der Waals surface area contributed by atoms with E-state index in [1.165, 1.54) is 11.1 Å². The largest absolute Gasteiger partial charge is 0.371 e. The second-order valence-corrected chi connectivity index (χ2v) is 5.90. The number of amides is 1. The van der Waals surface area contributed by atoms with Crippen molar-refractivity contribution in [3.63, 3.8) is 0 Å². The number of carbonyl (C=O) groups excluding carboxylic acids is 1. The fourth-order valence-electron chi connectivity index (χ4n) is 3.42. The fourth-order valence-corrected chi connectivity index (χ4v) is 3.42. The normalized spacial score (nSPS) is 19.5. The molecule has 0 saturated heterocycles. The van der Waals surface area contributed by atoms with E-state index >= 15 is 0 Å². The maximum absolute atomic E-state index is 12.4. The van der Waals surface area contributed by atoms with Crippen molar-refractivity contribution < 1.29 is 9.53 Å². The Balaban J connectivity index is 1.46. The van der Waals surface area contributed by atoms with E-state index in [9.17, 15) is 4.79 Å². The number of ether oxygens (including phenoxy) is 1. The Hall–Kier alpha value is -2.14. The standard InChI is InChI=1S/C17H19N3O2/c21-17(16-13-6-3-7-14(13)19-20-16)18-10-15-12-5-2-1-4-11(12)8-9-22-15/h1-2,4-5,15H,3,6-10H2,(H,18,21)(H,19,20)/t15-/m1/s1. The molecule has 0 fully saturated rings. The van der Waals surface area contributed by atoms with Gasteiger partial charge in [-0.25, -0.2) is 0 Å². The minimum absolute atomic E-state index is 0.0686. The quantitative estimate of drug-likeness (QED) is 0.910. The molecule has 1 amide bonds. The second kappa shape index (κ2) is 5.57. The van der Waals surface area contributed by atoms with Crippen LogP contribution in [-0.2, 0) is 24.0 Å². The van der Waals surface area contributed by atoms with E-state index in [1.54, 1.807) is 0 Å². The lowest BCUT2D eigenvalue weighted by atomic mass is 9.97. The number of benzene rings is 1. The number of rotatable bonds is 3. The second-order valence-electron chi connectivity index (χ2n) is 5.90. The van der Waals surface area contributed by atoms with Crippen molar-refractivity contribution in [2.45, 2.75) is 31.8 Å². The Labute approximate surface area is 129 Å². The number of H-pyrrole nitrogens is 1. The van der Waals surface area contributed by atoms with Crippen molar-refractivity contribution >= 4 is 5.91 Å². The molecule has 1 atom stereocenters. The average molecular weight is 297 g/mol. The molecule has 2 heterocycles. The molecular weight excluding hydrogens is 278 g/mol. The van der Waals surface area contributed by atoms with Gasteiger partial charge in [0.25, 0.3) is 5.91 Å². The number of hydrogen-bond acceptors (Lipinski definition) is 3. The first-order valence-electron chi connectivity index (χ1n) is 7.86. The SMILES string of the molecule is O=C(NC[C@H]1OCCc2ccccc21)c1n[nH]c2c1CCC2. The van der Waals surface area contributed by atoms with Gasteiger partial charge in [0.15, 0.2) is 5.69 Å². The summed E-state index contributed by atoms with van der Waals surface area (Å²) in [6.45, 7) is 1.19. The number of fused-ring (bicyclic) bond motifs is 2. The molecule has 1 aromatic carbocycles. The Morgan fingerprint density at radius 1 is 1.32 bits per heavy atom. The van der Waals surface area contributed by atoms with Crippen LogP contribution < -0.4 is 5.32 Å². The Morgan fingerprint density at radius 3 is 3.18 bits per heavy atom. The summed E-state index contributed by atoms with van der Waals surface area (Å²) in [6, 6.07) is 8.28. The Bertz CT molecular complexity index is 708. The highest BCUT2D eigenvalue weighted by Crippen LogP contribution is 2.27. The van der Waals surface area contributed by atoms with Crippen LogP contribution in [0.5, 0.6) is 0 Å². The van der Waals surface area contributed by atoms with E-state index in [0.29, 0.717) is 18.8 Å². The molecule has 5 heteroatoms. The third-order valence-electron chi connectivity index (χ3n) is 4.56. The topological polar surface area (TPSA) is 67.0 Å². The molecule has 5 nitrogen and oxygen atoms in total. The molecule has 0 bridgehead atoms. The molecule has 0 spiro atoms. The van der Waals surface area contributed by atoms with Crippen LogP contribution in [0.3, 0.4) is 0 Å². The van der Waals surface area contributed by atoms with Crippen molar-refractivity contribution in [3.8, 4) is 0 Å². The molecule has 0 radical (unpaired) electrons. The lowest BCUT2D eigenvalue weighted by molar-refractivity contribution is 0.0410. The number of aryl methyl sites for hydroxylation is 1. The molecule has 0 unspecified atom stereocenters. The Kier molecular flexibility index (Phi) is 3.42. The van der Waals surface area contributed by atoms with Crippen LogP contribution in [0.4, 0.5) is 0 Å². The summed E-state index contributed by atoms with van der Waals surface area (Å²) in [5.74, 6) is -0.106. The summed E-state index contributed by atoms with van der Waals surface area (Å²) in [7, 11) is 0. The lowest BCUT2D eigenvalue weighted by Gasteiger charge is -2.26. The maximum Gasteiger partial charge on any atom is 0.272 e. The highest BCUT2D eigenvalue weighted by Gasteiger charge is 2.25. The van der Waals surface area contributed by atoms with Crippen LogP contribution in [-0.4, -0.2) is 29.3 Å². The number of aromatic amines is 1. The molecule has 1 aliphatic heterocycles. The predicted molar refractivity (Wildman–Crippen MR) is 81.8 cm³/mol. The highest BCUT2D eigenvalue weighted by molar-refractivity contribution is 5.94. The zero-order valence-corrected chi connectivity index (χ0v) is 12.4. The van der Waals surface area contributed by atoms with Gasteiger partial charge in [0.05, 0.1) is 6.61 Å². The van der Waals surface area contributed by atoms with Gasteiger partial charge in [-0.1, -0.05) is 24.3 Å². The van der Waals surface area contributed by atoms with E-state index < -0.39 is 0 Å². The minimum Gasteiger partial charge on any atom is -0.371 e. The van der Waals surface area contributed by atoms with Gasteiger partial charge in [-0.2, -0.15) is 5.10 Å².